The van der Waals surface area contributed by atoms with Gasteiger partial charge in [-0.2, -0.15) is 0 Å². The lowest BCUT2D eigenvalue weighted by atomic mass is 9.84. The van der Waals surface area contributed by atoms with E-state index in [0.29, 0.717) is 6.42 Å². The van der Waals surface area contributed by atoms with Gasteiger partial charge in [-0.25, -0.2) is 8.93 Å². The number of pyridine rings is 1. The molecule has 2 rings (SSSR count). The summed E-state index contributed by atoms with van der Waals surface area (Å²) < 4.78 is 20.6. The van der Waals surface area contributed by atoms with Gasteiger partial charge in [0.2, 0.25) is 0 Å². The van der Waals surface area contributed by atoms with Crippen LogP contribution < -0.4 is 4.72 Å². The van der Waals surface area contributed by atoms with E-state index >= 15 is 0 Å². The van der Waals surface area contributed by atoms with Crippen LogP contribution in [0.3, 0.4) is 0 Å². The minimum Gasteiger partial charge on any atom is -0.501 e. The third kappa shape index (κ3) is 4.56. The van der Waals surface area contributed by atoms with Crippen LogP contribution in [0.4, 0.5) is 0 Å². The summed E-state index contributed by atoms with van der Waals surface area (Å²) in [4.78, 5) is 4.20. The Morgan fingerprint density at radius 2 is 2.12 bits per heavy atom. The fourth-order valence-corrected chi connectivity index (χ4v) is 3.07. The van der Waals surface area contributed by atoms with Crippen LogP contribution in [0.15, 0.2) is 36.4 Å². The average molecular weight is 344 g/mol. The number of methoxy groups -OCH3 is 1. The largest absolute Gasteiger partial charge is 0.501 e. The van der Waals surface area contributed by atoms with Gasteiger partial charge in [0.25, 0.3) is 0 Å². The molecule has 0 saturated carbocycles. The van der Waals surface area contributed by atoms with Crippen LogP contribution in [0.2, 0.25) is 0 Å². The Morgan fingerprint density at radius 3 is 2.71 bits per heavy atom. The van der Waals surface area contributed by atoms with Gasteiger partial charge in [0.1, 0.15) is 0 Å². The number of hydrogen-bond acceptors (Lipinski definition) is 3. The summed E-state index contributed by atoms with van der Waals surface area (Å²) in [5.74, 6) is 6.76. The molecular weight excluding hydrogens is 320 g/mol. The Labute approximate surface area is 147 Å². The maximum atomic E-state index is 12.5. The monoisotopic (exact) mass is 344 g/mol. The van der Waals surface area contributed by atoms with E-state index < -0.39 is 16.5 Å². The first-order valence-corrected chi connectivity index (χ1v) is 8.95. The van der Waals surface area contributed by atoms with Gasteiger partial charge >= 0.3 is 0 Å². The SMILES string of the molecule is CC#Cc1cncc(/C=C/[C@]2(NS(=O)C(C)(C)C)C=C(OC)C2)c1. The van der Waals surface area contributed by atoms with Crippen molar-refractivity contribution in [3.05, 3.63) is 47.5 Å². The van der Waals surface area contributed by atoms with E-state index in [9.17, 15) is 4.21 Å². The fourth-order valence-electron chi connectivity index (χ4n) is 2.22. The molecule has 1 aliphatic carbocycles. The van der Waals surface area contributed by atoms with Gasteiger partial charge in [-0.15, -0.1) is 5.92 Å². The zero-order valence-corrected chi connectivity index (χ0v) is 15.7. The molecule has 1 aromatic heterocycles. The standard InChI is InChI=1S/C19H24N2O2S/c1-6-7-15-10-16(14-20-13-15)8-9-19(11-17(12-19)23-5)21-24(22)18(2,3)4/h8-11,13-14,21H,12H2,1-5H3/b9-8+/t19-,24?/m0/s1. The van der Waals surface area contributed by atoms with Crippen molar-refractivity contribution in [1.82, 2.24) is 9.71 Å². The fraction of sp³-hybridized carbons (Fsp3) is 0.421. The van der Waals surface area contributed by atoms with Crippen LogP contribution in [0, 0.1) is 11.8 Å². The van der Waals surface area contributed by atoms with Crippen LogP contribution in [0.5, 0.6) is 0 Å². The highest BCUT2D eigenvalue weighted by molar-refractivity contribution is 7.84. The molecule has 0 aromatic carbocycles. The highest BCUT2D eigenvalue weighted by atomic mass is 32.2. The number of aromatic nitrogens is 1. The van der Waals surface area contributed by atoms with E-state index in [-0.39, 0.29) is 4.75 Å². The number of nitrogens with one attached hydrogen (secondary N) is 1. The lowest BCUT2D eigenvalue weighted by molar-refractivity contribution is 0.233. The number of nitrogens with zero attached hydrogens (tertiary/aromatic N) is 1. The number of rotatable bonds is 5. The first kappa shape index (κ1) is 18.4. The Balaban J connectivity index is 2.24. The lowest BCUT2D eigenvalue weighted by Crippen LogP contribution is -2.51. The highest BCUT2D eigenvalue weighted by Gasteiger charge is 2.39. The summed E-state index contributed by atoms with van der Waals surface area (Å²) >= 11 is 0. The van der Waals surface area contributed by atoms with E-state index in [0.717, 1.165) is 16.9 Å². The molecule has 0 fully saturated rings. The average Bonchev–Trinajstić information content (AvgIpc) is 2.49. The van der Waals surface area contributed by atoms with Gasteiger partial charge in [-0.3, -0.25) is 4.98 Å². The maximum absolute atomic E-state index is 12.5. The summed E-state index contributed by atoms with van der Waals surface area (Å²) in [6, 6.07) is 1.98. The topological polar surface area (TPSA) is 51.2 Å². The minimum atomic E-state index is -1.18. The molecule has 1 aromatic rings. The summed E-state index contributed by atoms with van der Waals surface area (Å²) in [6.07, 6.45) is 10.1. The first-order chi connectivity index (χ1) is 11.3. The van der Waals surface area contributed by atoms with Crippen LogP contribution in [-0.2, 0) is 15.7 Å². The lowest BCUT2D eigenvalue weighted by Gasteiger charge is -2.38. The van der Waals surface area contributed by atoms with Crippen LogP contribution in [-0.4, -0.2) is 26.6 Å². The minimum absolute atomic E-state index is 0.338. The molecule has 1 unspecified atom stereocenters. The summed E-state index contributed by atoms with van der Waals surface area (Å²) in [6.45, 7) is 7.65. The summed E-state index contributed by atoms with van der Waals surface area (Å²) in [5.41, 5.74) is 1.37. The van der Waals surface area contributed by atoms with E-state index in [1.54, 1.807) is 26.4 Å². The third-order valence-corrected chi connectivity index (χ3v) is 5.27. The van der Waals surface area contributed by atoms with Crippen molar-refractivity contribution in [3.63, 3.8) is 0 Å². The van der Waals surface area contributed by atoms with Crippen molar-refractivity contribution >= 4 is 17.1 Å². The Hall–Kier alpha value is -1.90. The molecule has 2 atom stereocenters. The molecule has 1 N–H and O–H groups in total. The van der Waals surface area contributed by atoms with E-state index in [4.69, 9.17) is 4.74 Å². The predicted octanol–water partition coefficient (Wildman–Crippen LogP) is 3.19. The Morgan fingerprint density at radius 1 is 1.42 bits per heavy atom. The Bertz CT molecular complexity index is 751. The third-order valence-electron chi connectivity index (χ3n) is 3.59. The number of ether oxygens (including phenoxy) is 1. The van der Waals surface area contributed by atoms with Crippen LogP contribution >= 0.6 is 0 Å². The Kier molecular flexibility index (Phi) is 5.63. The molecular formula is C19H24N2O2S. The van der Waals surface area contributed by atoms with Gasteiger partial charge < -0.3 is 4.74 Å². The predicted molar refractivity (Wildman–Crippen MR) is 99.3 cm³/mol. The van der Waals surface area contributed by atoms with Crippen molar-refractivity contribution in [2.24, 2.45) is 0 Å². The molecule has 0 saturated heterocycles. The molecule has 24 heavy (non-hydrogen) atoms. The molecule has 5 heteroatoms. The van der Waals surface area contributed by atoms with Gasteiger partial charge in [0, 0.05) is 24.4 Å². The molecule has 0 amide bonds. The van der Waals surface area contributed by atoms with Crippen molar-refractivity contribution in [2.45, 2.75) is 44.4 Å². The second-order valence-corrected chi connectivity index (χ2v) is 8.70. The normalized spacial score (nSPS) is 21.5. The second-order valence-electron chi connectivity index (χ2n) is 6.73. The van der Waals surface area contributed by atoms with Gasteiger partial charge in [-0.05, 0) is 45.4 Å². The molecule has 0 aliphatic heterocycles. The van der Waals surface area contributed by atoms with E-state index in [1.807, 2.05) is 45.1 Å². The summed E-state index contributed by atoms with van der Waals surface area (Å²) in [7, 11) is 0.473. The summed E-state index contributed by atoms with van der Waals surface area (Å²) in [5, 5.41) is 0. The van der Waals surface area contributed by atoms with Crippen LogP contribution in [0.1, 0.15) is 45.2 Å². The van der Waals surface area contributed by atoms with Gasteiger partial charge in [0.15, 0.2) is 0 Å². The quantitative estimate of drug-likeness (QED) is 0.835. The maximum Gasteiger partial charge on any atom is 0.0981 e. The molecule has 0 bridgehead atoms. The zero-order valence-electron chi connectivity index (χ0n) is 14.8. The zero-order chi connectivity index (χ0) is 17.8. The molecule has 128 valence electrons. The van der Waals surface area contributed by atoms with Crippen LogP contribution in [0.25, 0.3) is 6.08 Å². The van der Waals surface area contributed by atoms with Gasteiger partial charge in [-0.1, -0.05) is 18.1 Å². The number of hydrogen-bond donors (Lipinski definition) is 1. The smallest absolute Gasteiger partial charge is 0.0981 e. The molecule has 1 aliphatic rings. The van der Waals surface area contributed by atoms with E-state index in [1.165, 1.54) is 0 Å². The molecule has 4 nitrogen and oxygen atoms in total. The molecule has 1 heterocycles. The molecule has 0 spiro atoms. The molecule has 0 radical (unpaired) electrons. The van der Waals surface area contributed by atoms with Crippen molar-refractivity contribution in [2.75, 3.05) is 7.11 Å². The van der Waals surface area contributed by atoms with Crippen molar-refractivity contribution < 1.29 is 8.95 Å². The van der Waals surface area contributed by atoms with Crippen molar-refractivity contribution in [1.29, 1.82) is 0 Å². The second kappa shape index (κ2) is 7.33. The highest BCUT2D eigenvalue weighted by Crippen LogP contribution is 2.34. The van der Waals surface area contributed by atoms with E-state index in [2.05, 4.69) is 21.5 Å². The van der Waals surface area contributed by atoms with Crippen molar-refractivity contribution in [3.8, 4) is 11.8 Å². The van der Waals surface area contributed by atoms with Gasteiger partial charge in [0.05, 0.1) is 34.1 Å². The first-order valence-electron chi connectivity index (χ1n) is 7.80.